The largest absolute Gasteiger partial charge is 0.369 e. The molecule has 0 unspecified atom stereocenters. The maximum atomic E-state index is 11.1. The van der Waals surface area contributed by atoms with Crippen LogP contribution in [0.15, 0.2) is 53.7 Å². The highest BCUT2D eigenvalue weighted by atomic mass is 32.1. The Bertz CT molecular complexity index is 934. The lowest BCUT2D eigenvalue weighted by Crippen LogP contribution is -2.13. The molecule has 6 heteroatoms. The Morgan fingerprint density at radius 1 is 1.26 bits per heavy atom. The minimum Gasteiger partial charge on any atom is -0.369 e. The highest BCUT2D eigenvalue weighted by Gasteiger charge is 2.14. The summed E-state index contributed by atoms with van der Waals surface area (Å²) in [6, 6.07) is 9.65. The van der Waals surface area contributed by atoms with Crippen molar-refractivity contribution in [3.63, 3.8) is 0 Å². The molecule has 0 aliphatic carbocycles. The number of aryl methyl sites for hydroxylation is 1. The fourth-order valence-corrected chi connectivity index (χ4v) is 3.48. The number of thiophene rings is 1. The summed E-state index contributed by atoms with van der Waals surface area (Å²) in [6.45, 7) is 5.96. The van der Waals surface area contributed by atoms with E-state index in [9.17, 15) is 4.79 Å². The third-order valence-electron chi connectivity index (χ3n) is 4.15. The summed E-state index contributed by atoms with van der Waals surface area (Å²) >= 11 is 1.62. The van der Waals surface area contributed by atoms with Crippen LogP contribution in [0.5, 0.6) is 0 Å². The van der Waals surface area contributed by atoms with Gasteiger partial charge in [-0.25, -0.2) is 9.97 Å². The monoisotopic (exact) mass is 378 g/mol. The molecule has 0 bridgehead atoms. The normalized spacial score (nSPS) is 10.6. The maximum Gasteiger partial charge on any atom is 0.221 e. The number of aromatic nitrogens is 2. The number of carbonyl (C=O) groups is 1. The van der Waals surface area contributed by atoms with Crippen LogP contribution in [0, 0.1) is 0 Å². The van der Waals surface area contributed by atoms with Gasteiger partial charge >= 0.3 is 0 Å². The number of anilines is 2. The number of nitrogens with one attached hydrogen (secondary N) is 1. The number of nitrogens with zero attached hydrogens (tertiary/aromatic N) is 2. The molecule has 2 aromatic heterocycles. The first-order valence-electron chi connectivity index (χ1n) is 8.78. The van der Waals surface area contributed by atoms with Crippen LogP contribution in [0.3, 0.4) is 0 Å². The molecule has 0 radical (unpaired) electrons. The SMILES string of the molecule is C=CCc1c(CC)nc(-c2ccsc2)nc1Nc1ccc(CC(N)=O)cc1. The van der Waals surface area contributed by atoms with E-state index in [1.165, 1.54) is 0 Å². The van der Waals surface area contributed by atoms with Crippen molar-refractivity contribution in [2.75, 3.05) is 5.32 Å². The van der Waals surface area contributed by atoms with Gasteiger partial charge in [-0.15, -0.1) is 6.58 Å². The first kappa shape index (κ1) is 18.8. The van der Waals surface area contributed by atoms with Crippen molar-refractivity contribution in [3.8, 4) is 11.4 Å². The van der Waals surface area contributed by atoms with E-state index in [0.717, 1.165) is 40.3 Å². The number of hydrogen-bond donors (Lipinski definition) is 2. The lowest BCUT2D eigenvalue weighted by atomic mass is 10.1. The zero-order valence-electron chi connectivity index (χ0n) is 15.2. The average molecular weight is 379 g/mol. The summed E-state index contributed by atoms with van der Waals surface area (Å²) in [6.07, 6.45) is 3.60. The molecular weight excluding hydrogens is 356 g/mol. The molecule has 0 saturated carbocycles. The summed E-state index contributed by atoms with van der Waals surface area (Å²) in [5, 5.41) is 7.47. The highest BCUT2D eigenvalue weighted by molar-refractivity contribution is 7.08. The Balaban J connectivity index is 1.97. The molecule has 2 heterocycles. The summed E-state index contributed by atoms with van der Waals surface area (Å²) in [5.74, 6) is 1.16. The van der Waals surface area contributed by atoms with Crippen LogP contribution in [0.25, 0.3) is 11.4 Å². The number of carbonyl (C=O) groups excluding carboxylic acids is 1. The van der Waals surface area contributed by atoms with Gasteiger partial charge in [0.15, 0.2) is 5.82 Å². The third kappa shape index (κ3) is 4.60. The fraction of sp³-hybridized carbons (Fsp3) is 0.190. The topological polar surface area (TPSA) is 80.9 Å². The number of nitrogens with two attached hydrogens (primary N) is 1. The average Bonchev–Trinajstić information content (AvgIpc) is 3.19. The van der Waals surface area contributed by atoms with Gasteiger partial charge in [-0.2, -0.15) is 11.3 Å². The highest BCUT2D eigenvalue weighted by Crippen LogP contribution is 2.27. The van der Waals surface area contributed by atoms with Crippen molar-refractivity contribution in [2.24, 2.45) is 5.73 Å². The van der Waals surface area contributed by atoms with Crippen LogP contribution < -0.4 is 11.1 Å². The van der Waals surface area contributed by atoms with Crippen LogP contribution >= 0.6 is 11.3 Å². The fourth-order valence-electron chi connectivity index (χ4n) is 2.85. The Morgan fingerprint density at radius 3 is 2.63 bits per heavy atom. The maximum absolute atomic E-state index is 11.1. The van der Waals surface area contributed by atoms with Gasteiger partial charge in [0, 0.05) is 27.9 Å². The second-order valence-corrected chi connectivity index (χ2v) is 6.92. The zero-order chi connectivity index (χ0) is 19.2. The molecule has 3 rings (SSSR count). The number of primary amides is 1. The molecule has 3 N–H and O–H groups in total. The number of amides is 1. The summed E-state index contributed by atoms with van der Waals surface area (Å²) in [5.41, 5.74) is 10.1. The first-order chi connectivity index (χ1) is 13.1. The standard InChI is InChI=1S/C21H22N4OS/c1-3-5-17-18(4-2)24-20(15-10-11-27-13-15)25-21(17)23-16-8-6-14(7-9-16)12-19(22)26/h3,6-11,13H,1,4-5,12H2,2H3,(H2,22,26)(H,23,24,25). The van der Waals surface area contributed by atoms with Gasteiger partial charge in [0.05, 0.1) is 6.42 Å². The molecule has 0 fully saturated rings. The molecule has 138 valence electrons. The molecule has 0 aliphatic heterocycles. The van der Waals surface area contributed by atoms with E-state index in [2.05, 4.69) is 18.8 Å². The predicted molar refractivity (Wildman–Crippen MR) is 111 cm³/mol. The van der Waals surface area contributed by atoms with Gasteiger partial charge in [-0.05, 0) is 42.0 Å². The molecule has 0 aliphatic rings. The van der Waals surface area contributed by atoms with Crippen molar-refractivity contribution < 1.29 is 4.79 Å². The van der Waals surface area contributed by atoms with E-state index in [1.807, 2.05) is 47.2 Å². The second kappa shape index (κ2) is 8.60. The van der Waals surface area contributed by atoms with Gasteiger partial charge in [-0.1, -0.05) is 25.1 Å². The van der Waals surface area contributed by atoms with Crippen molar-refractivity contribution in [1.29, 1.82) is 0 Å². The summed E-state index contributed by atoms with van der Waals surface area (Å²) in [4.78, 5) is 20.6. The molecule has 0 saturated heterocycles. The third-order valence-corrected chi connectivity index (χ3v) is 4.83. The van der Waals surface area contributed by atoms with Gasteiger partial charge < -0.3 is 11.1 Å². The van der Waals surface area contributed by atoms with Crippen LogP contribution in [-0.4, -0.2) is 15.9 Å². The molecular formula is C21H22N4OS. The van der Waals surface area contributed by atoms with E-state index in [4.69, 9.17) is 15.7 Å². The second-order valence-electron chi connectivity index (χ2n) is 6.14. The predicted octanol–water partition coefficient (Wildman–Crippen LogP) is 4.27. The Hall–Kier alpha value is -2.99. The van der Waals surface area contributed by atoms with Crippen LogP contribution in [-0.2, 0) is 24.1 Å². The zero-order valence-corrected chi connectivity index (χ0v) is 16.1. The molecule has 5 nitrogen and oxygen atoms in total. The van der Waals surface area contributed by atoms with Gasteiger partial charge in [-0.3, -0.25) is 4.79 Å². The van der Waals surface area contributed by atoms with E-state index >= 15 is 0 Å². The van der Waals surface area contributed by atoms with Gasteiger partial charge in [0.25, 0.3) is 0 Å². The Labute approximate surface area is 163 Å². The van der Waals surface area contributed by atoms with Gasteiger partial charge in [0.1, 0.15) is 5.82 Å². The first-order valence-corrected chi connectivity index (χ1v) is 9.72. The number of rotatable bonds is 8. The van der Waals surface area contributed by atoms with E-state index in [1.54, 1.807) is 11.3 Å². The van der Waals surface area contributed by atoms with Crippen molar-refractivity contribution in [3.05, 3.63) is 70.6 Å². The van der Waals surface area contributed by atoms with Crippen LogP contribution in [0.1, 0.15) is 23.7 Å². The molecule has 1 amide bonds. The number of benzene rings is 1. The van der Waals surface area contributed by atoms with E-state index in [-0.39, 0.29) is 12.3 Å². The van der Waals surface area contributed by atoms with E-state index in [0.29, 0.717) is 12.2 Å². The molecule has 0 atom stereocenters. The molecule has 3 aromatic rings. The molecule has 1 aromatic carbocycles. The minimum absolute atomic E-state index is 0.234. The Kier molecular flexibility index (Phi) is 5.98. The summed E-state index contributed by atoms with van der Waals surface area (Å²) in [7, 11) is 0. The minimum atomic E-state index is -0.340. The number of hydrogen-bond acceptors (Lipinski definition) is 5. The van der Waals surface area contributed by atoms with Crippen molar-refractivity contribution in [2.45, 2.75) is 26.2 Å². The van der Waals surface area contributed by atoms with Crippen LogP contribution in [0.4, 0.5) is 11.5 Å². The van der Waals surface area contributed by atoms with Crippen LogP contribution in [0.2, 0.25) is 0 Å². The lowest BCUT2D eigenvalue weighted by Gasteiger charge is -2.15. The quantitative estimate of drug-likeness (QED) is 0.574. The molecule has 27 heavy (non-hydrogen) atoms. The van der Waals surface area contributed by atoms with E-state index < -0.39 is 0 Å². The van der Waals surface area contributed by atoms with Crippen molar-refractivity contribution in [1.82, 2.24) is 9.97 Å². The number of allylic oxidation sites excluding steroid dienone is 1. The summed E-state index contributed by atoms with van der Waals surface area (Å²) < 4.78 is 0. The smallest absolute Gasteiger partial charge is 0.221 e. The van der Waals surface area contributed by atoms with Gasteiger partial charge in [0.2, 0.25) is 5.91 Å². The lowest BCUT2D eigenvalue weighted by molar-refractivity contribution is -0.117. The Morgan fingerprint density at radius 2 is 2.04 bits per heavy atom. The molecule has 0 spiro atoms. The van der Waals surface area contributed by atoms with Crippen molar-refractivity contribution >= 4 is 28.7 Å².